The van der Waals surface area contributed by atoms with Crippen LogP contribution in [0.1, 0.15) is 35.2 Å². The van der Waals surface area contributed by atoms with Gasteiger partial charge in [-0.1, -0.05) is 42.1 Å². The molecule has 3 aromatic rings. The summed E-state index contributed by atoms with van der Waals surface area (Å²) in [4.78, 5) is 32.6. The summed E-state index contributed by atoms with van der Waals surface area (Å²) in [6.45, 7) is 1.92. The van der Waals surface area contributed by atoms with Crippen molar-refractivity contribution < 1.29 is 4.79 Å². The van der Waals surface area contributed by atoms with Crippen molar-refractivity contribution in [3.8, 4) is 6.07 Å². The molecule has 0 radical (unpaired) electrons. The number of fused-ring (bicyclic) bond motifs is 1. The standard InChI is InChI=1S/C23H22N4O2S/c24-11-14-30-23-25-20-15-18(21(28)26-12-5-2-6-13-26)9-10-19(20)22(29)27(23)16-17-7-3-1-4-8-17/h1,3-4,7-10,15H,2,5-6,12-14,16H2. The van der Waals surface area contributed by atoms with Gasteiger partial charge >= 0.3 is 0 Å². The summed E-state index contributed by atoms with van der Waals surface area (Å²) in [5.41, 5.74) is 1.86. The number of carbonyl (C=O) groups is 1. The molecule has 1 saturated heterocycles. The van der Waals surface area contributed by atoms with Crippen molar-refractivity contribution >= 4 is 28.6 Å². The summed E-state index contributed by atoms with van der Waals surface area (Å²) >= 11 is 1.23. The fraction of sp³-hybridized carbons (Fsp3) is 0.304. The molecule has 1 aromatic heterocycles. The van der Waals surface area contributed by atoms with Crippen LogP contribution in [-0.4, -0.2) is 39.2 Å². The predicted molar refractivity (Wildman–Crippen MR) is 118 cm³/mol. The van der Waals surface area contributed by atoms with Gasteiger partial charge in [0.05, 0.1) is 29.3 Å². The van der Waals surface area contributed by atoms with Crippen molar-refractivity contribution in [1.82, 2.24) is 14.5 Å². The largest absolute Gasteiger partial charge is 0.339 e. The molecule has 2 heterocycles. The van der Waals surface area contributed by atoms with Gasteiger partial charge in [0.25, 0.3) is 11.5 Å². The van der Waals surface area contributed by atoms with E-state index in [0.29, 0.717) is 28.2 Å². The maximum absolute atomic E-state index is 13.2. The van der Waals surface area contributed by atoms with Gasteiger partial charge in [0, 0.05) is 18.7 Å². The molecule has 0 atom stereocenters. The lowest BCUT2D eigenvalue weighted by Crippen LogP contribution is -2.35. The fourth-order valence-electron chi connectivity index (χ4n) is 3.73. The maximum atomic E-state index is 13.2. The molecule has 1 fully saturated rings. The van der Waals surface area contributed by atoms with E-state index in [1.165, 1.54) is 11.8 Å². The highest BCUT2D eigenvalue weighted by atomic mass is 32.2. The van der Waals surface area contributed by atoms with Crippen LogP contribution in [0.2, 0.25) is 0 Å². The van der Waals surface area contributed by atoms with Crippen LogP contribution in [-0.2, 0) is 6.54 Å². The molecule has 7 heteroatoms. The lowest BCUT2D eigenvalue weighted by Gasteiger charge is -2.26. The van der Waals surface area contributed by atoms with Gasteiger partial charge in [-0.25, -0.2) is 4.98 Å². The Bertz CT molecular complexity index is 1160. The summed E-state index contributed by atoms with van der Waals surface area (Å²) in [6, 6.07) is 16.9. The Kier molecular flexibility index (Phi) is 6.15. The second-order valence-electron chi connectivity index (χ2n) is 7.30. The van der Waals surface area contributed by atoms with E-state index in [1.54, 1.807) is 22.8 Å². The number of likely N-dealkylation sites (tertiary alicyclic amines) is 1. The minimum Gasteiger partial charge on any atom is -0.339 e. The van der Waals surface area contributed by atoms with E-state index >= 15 is 0 Å². The van der Waals surface area contributed by atoms with E-state index in [9.17, 15) is 9.59 Å². The quantitative estimate of drug-likeness (QED) is 0.466. The first kappa shape index (κ1) is 20.2. The third kappa shape index (κ3) is 4.24. The molecule has 0 spiro atoms. The van der Waals surface area contributed by atoms with Crippen molar-refractivity contribution in [2.75, 3.05) is 18.8 Å². The van der Waals surface area contributed by atoms with Crippen LogP contribution in [0.5, 0.6) is 0 Å². The Hall–Kier alpha value is -3.11. The van der Waals surface area contributed by atoms with Gasteiger partial charge < -0.3 is 4.90 Å². The van der Waals surface area contributed by atoms with Crippen LogP contribution in [0.3, 0.4) is 0 Å². The number of nitrogens with zero attached hydrogens (tertiary/aromatic N) is 4. The van der Waals surface area contributed by atoms with Gasteiger partial charge in [-0.2, -0.15) is 5.26 Å². The lowest BCUT2D eigenvalue weighted by molar-refractivity contribution is 0.0724. The molecule has 0 saturated carbocycles. The summed E-state index contributed by atoms with van der Waals surface area (Å²) in [5, 5.41) is 9.98. The molecule has 0 aliphatic carbocycles. The number of rotatable bonds is 5. The summed E-state index contributed by atoms with van der Waals surface area (Å²) < 4.78 is 1.60. The van der Waals surface area contributed by atoms with Gasteiger partial charge in [0.1, 0.15) is 0 Å². The van der Waals surface area contributed by atoms with E-state index in [0.717, 1.165) is 37.9 Å². The highest BCUT2D eigenvalue weighted by Gasteiger charge is 2.20. The van der Waals surface area contributed by atoms with E-state index in [4.69, 9.17) is 5.26 Å². The lowest BCUT2D eigenvalue weighted by atomic mass is 10.1. The zero-order valence-corrected chi connectivity index (χ0v) is 17.4. The number of nitriles is 1. The van der Waals surface area contributed by atoms with Gasteiger partial charge in [0.15, 0.2) is 5.16 Å². The first-order chi connectivity index (χ1) is 14.7. The smallest absolute Gasteiger partial charge is 0.262 e. The van der Waals surface area contributed by atoms with Gasteiger partial charge in [-0.15, -0.1) is 0 Å². The summed E-state index contributed by atoms with van der Waals surface area (Å²) in [6.07, 6.45) is 3.21. The molecule has 1 amide bonds. The van der Waals surface area contributed by atoms with Crippen LogP contribution in [0.15, 0.2) is 58.5 Å². The Labute approximate surface area is 179 Å². The average Bonchev–Trinajstić information content (AvgIpc) is 2.80. The number of hydrogen-bond acceptors (Lipinski definition) is 5. The fourth-order valence-corrected chi connectivity index (χ4v) is 4.39. The van der Waals surface area contributed by atoms with Crippen LogP contribution < -0.4 is 5.56 Å². The monoisotopic (exact) mass is 418 g/mol. The van der Waals surface area contributed by atoms with Crippen LogP contribution in [0, 0.1) is 11.3 Å². The van der Waals surface area contributed by atoms with Crippen molar-refractivity contribution in [2.45, 2.75) is 31.0 Å². The van der Waals surface area contributed by atoms with Crippen LogP contribution in [0.4, 0.5) is 0 Å². The number of carbonyl (C=O) groups excluding carboxylic acids is 1. The Balaban J connectivity index is 1.75. The Morgan fingerprint density at radius 3 is 2.60 bits per heavy atom. The Morgan fingerprint density at radius 2 is 1.87 bits per heavy atom. The van der Waals surface area contributed by atoms with Gasteiger partial charge in [0.2, 0.25) is 0 Å². The first-order valence-corrected chi connectivity index (χ1v) is 11.0. The number of amides is 1. The molecule has 0 N–H and O–H groups in total. The molecule has 30 heavy (non-hydrogen) atoms. The molecular formula is C23H22N4O2S. The highest BCUT2D eigenvalue weighted by Crippen LogP contribution is 2.21. The zero-order valence-electron chi connectivity index (χ0n) is 16.6. The zero-order chi connectivity index (χ0) is 20.9. The predicted octanol–water partition coefficient (Wildman–Crippen LogP) is 3.69. The third-order valence-corrected chi connectivity index (χ3v) is 6.10. The molecule has 2 aromatic carbocycles. The first-order valence-electron chi connectivity index (χ1n) is 10.0. The van der Waals surface area contributed by atoms with E-state index < -0.39 is 0 Å². The minimum atomic E-state index is -0.165. The normalized spacial score (nSPS) is 13.9. The number of piperidine rings is 1. The Morgan fingerprint density at radius 1 is 1.10 bits per heavy atom. The van der Waals surface area contributed by atoms with Crippen molar-refractivity contribution in [1.29, 1.82) is 5.26 Å². The number of thioether (sulfide) groups is 1. The van der Waals surface area contributed by atoms with Crippen LogP contribution in [0.25, 0.3) is 10.9 Å². The molecule has 152 valence electrons. The molecule has 1 aliphatic heterocycles. The van der Waals surface area contributed by atoms with E-state index in [1.807, 2.05) is 35.2 Å². The second-order valence-corrected chi connectivity index (χ2v) is 8.25. The molecule has 0 bridgehead atoms. The molecule has 6 nitrogen and oxygen atoms in total. The van der Waals surface area contributed by atoms with Gasteiger partial charge in [-0.05, 0) is 43.0 Å². The van der Waals surface area contributed by atoms with E-state index in [-0.39, 0.29) is 17.2 Å². The topological polar surface area (TPSA) is 79.0 Å². The average molecular weight is 419 g/mol. The second kappa shape index (κ2) is 9.14. The third-order valence-electron chi connectivity index (χ3n) is 5.26. The number of benzene rings is 2. The van der Waals surface area contributed by atoms with Gasteiger partial charge in [-0.3, -0.25) is 14.2 Å². The molecule has 1 aliphatic rings. The molecular weight excluding hydrogens is 396 g/mol. The molecule has 0 unspecified atom stereocenters. The highest BCUT2D eigenvalue weighted by molar-refractivity contribution is 7.99. The summed E-state index contributed by atoms with van der Waals surface area (Å²) in [5.74, 6) is 0.178. The summed E-state index contributed by atoms with van der Waals surface area (Å²) in [7, 11) is 0. The number of hydrogen-bond donors (Lipinski definition) is 0. The maximum Gasteiger partial charge on any atom is 0.262 e. The SMILES string of the molecule is N#CCSc1nc2cc(C(=O)N3CCCCC3)ccc2c(=O)n1Cc1ccccc1. The van der Waals surface area contributed by atoms with Crippen LogP contribution >= 0.6 is 11.8 Å². The van der Waals surface area contributed by atoms with Crippen molar-refractivity contribution in [3.05, 3.63) is 70.0 Å². The minimum absolute atomic E-state index is 0.0157. The van der Waals surface area contributed by atoms with E-state index in [2.05, 4.69) is 11.1 Å². The van der Waals surface area contributed by atoms with Crippen molar-refractivity contribution in [3.63, 3.8) is 0 Å². The molecule has 4 rings (SSSR count). The number of aromatic nitrogens is 2. The van der Waals surface area contributed by atoms with Crippen molar-refractivity contribution in [2.24, 2.45) is 0 Å².